The molecule has 0 unspecified atom stereocenters. The van der Waals surface area contributed by atoms with Gasteiger partial charge in [-0.3, -0.25) is 4.79 Å². The normalized spacial score (nSPS) is 10.3. The van der Waals surface area contributed by atoms with Gasteiger partial charge < -0.3 is 5.32 Å². The lowest BCUT2D eigenvalue weighted by Gasteiger charge is -2.08. The zero-order valence-electron chi connectivity index (χ0n) is 9.45. The van der Waals surface area contributed by atoms with Crippen LogP contribution < -0.4 is 5.32 Å². The molecule has 0 bridgehead atoms. The first-order chi connectivity index (χ1) is 8.97. The van der Waals surface area contributed by atoms with E-state index in [0.717, 1.165) is 6.07 Å². The molecule has 0 saturated heterocycles. The van der Waals surface area contributed by atoms with E-state index in [2.05, 4.69) is 17.9 Å². The monoisotopic (exact) mass is 299 g/mol. The summed E-state index contributed by atoms with van der Waals surface area (Å²) >= 11 is 9.77. The number of hydrogen-bond acceptors (Lipinski definition) is 2. The number of carbonyl (C=O) groups excluding carboxylic acids is 1. The predicted molar refractivity (Wildman–Crippen MR) is 73.0 cm³/mol. The average molecular weight is 300 g/mol. The van der Waals surface area contributed by atoms with Crippen LogP contribution in [0.3, 0.4) is 0 Å². The quantitative estimate of drug-likeness (QED) is 0.801. The van der Waals surface area contributed by atoms with Crippen molar-refractivity contribution in [2.24, 2.45) is 0 Å². The first-order valence-electron chi connectivity index (χ1n) is 5.22. The molecule has 0 saturated carbocycles. The fraction of sp³-hybridized carbons (Fsp3) is 0. The Morgan fingerprint density at radius 2 is 1.79 bits per heavy atom. The van der Waals surface area contributed by atoms with Gasteiger partial charge in [-0.05, 0) is 30.3 Å². The highest BCUT2D eigenvalue weighted by Gasteiger charge is 2.14. The highest BCUT2D eigenvalue weighted by atomic mass is 35.5. The number of anilines is 1. The Bertz CT molecular complexity index is 608. The summed E-state index contributed by atoms with van der Waals surface area (Å²) in [6, 6.07) is 7.90. The van der Waals surface area contributed by atoms with Crippen LogP contribution in [0.4, 0.5) is 14.5 Å². The van der Waals surface area contributed by atoms with Gasteiger partial charge in [-0.25, -0.2) is 8.78 Å². The lowest BCUT2D eigenvalue weighted by molar-refractivity contribution is 0.102. The van der Waals surface area contributed by atoms with Crippen molar-refractivity contribution >= 4 is 35.8 Å². The lowest BCUT2D eigenvalue weighted by Crippen LogP contribution is -2.13. The van der Waals surface area contributed by atoms with Crippen molar-refractivity contribution in [2.75, 3.05) is 5.32 Å². The predicted octanol–water partition coefficient (Wildman–Crippen LogP) is 4.16. The molecule has 0 fully saturated rings. The molecule has 98 valence electrons. The van der Waals surface area contributed by atoms with E-state index in [-0.39, 0.29) is 10.7 Å². The number of thiol groups is 1. The van der Waals surface area contributed by atoms with Gasteiger partial charge in [0.25, 0.3) is 5.91 Å². The summed E-state index contributed by atoms with van der Waals surface area (Å²) in [7, 11) is 0. The second kappa shape index (κ2) is 5.59. The van der Waals surface area contributed by atoms with Crippen LogP contribution in [-0.4, -0.2) is 5.91 Å². The minimum atomic E-state index is -0.927. The number of nitrogens with one attached hydrogen (secondary N) is 1. The van der Waals surface area contributed by atoms with Crippen LogP contribution in [-0.2, 0) is 0 Å². The Balaban J connectivity index is 2.26. The molecule has 0 spiro atoms. The number of halogens is 3. The van der Waals surface area contributed by atoms with Crippen LogP contribution in [0.1, 0.15) is 10.4 Å². The molecule has 0 aromatic heterocycles. The summed E-state index contributed by atoms with van der Waals surface area (Å²) in [5.74, 6) is -2.27. The van der Waals surface area contributed by atoms with Gasteiger partial charge in [0, 0.05) is 16.5 Å². The highest BCUT2D eigenvalue weighted by Crippen LogP contribution is 2.26. The van der Waals surface area contributed by atoms with Crippen LogP contribution >= 0.6 is 24.2 Å². The first kappa shape index (κ1) is 13.8. The topological polar surface area (TPSA) is 29.1 Å². The van der Waals surface area contributed by atoms with E-state index in [9.17, 15) is 13.6 Å². The van der Waals surface area contributed by atoms with Gasteiger partial charge in [0.05, 0.1) is 10.7 Å². The Hall–Kier alpha value is -1.59. The number of benzene rings is 2. The third kappa shape index (κ3) is 3.24. The molecule has 19 heavy (non-hydrogen) atoms. The van der Waals surface area contributed by atoms with Gasteiger partial charge >= 0.3 is 0 Å². The van der Waals surface area contributed by atoms with Crippen LogP contribution in [0, 0.1) is 11.6 Å². The smallest absolute Gasteiger partial charge is 0.255 e. The summed E-state index contributed by atoms with van der Waals surface area (Å²) in [6.45, 7) is 0. The van der Waals surface area contributed by atoms with E-state index in [4.69, 9.17) is 11.6 Å². The van der Waals surface area contributed by atoms with Crippen molar-refractivity contribution in [3.05, 3.63) is 58.6 Å². The molecule has 6 heteroatoms. The molecule has 2 nitrogen and oxygen atoms in total. The van der Waals surface area contributed by atoms with Crippen LogP contribution in [0.25, 0.3) is 0 Å². The van der Waals surface area contributed by atoms with Crippen molar-refractivity contribution < 1.29 is 13.6 Å². The van der Waals surface area contributed by atoms with Gasteiger partial charge in [-0.15, -0.1) is 12.6 Å². The summed E-state index contributed by atoms with van der Waals surface area (Å²) in [4.78, 5) is 12.6. The Labute approximate surface area is 118 Å². The Morgan fingerprint density at radius 3 is 2.37 bits per heavy atom. The first-order valence-corrected chi connectivity index (χ1v) is 6.05. The van der Waals surface area contributed by atoms with E-state index >= 15 is 0 Å². The molecule has 0 aliphatic carbocycles. The van der Waals surface area contributed by atoms with Crippen molar-refractivity contribution in [3.8, 4) is 0 Å². The van der Waals surface area contributed by atoms with Crippen LogP contribution in [0.5, 0.6) is 0 Å². The van der Waals surface area contributed by atoms with Crippen molar-refractivity contribution in [1.82, 2.24) is 0 Å². The van der Waals surface area contributed by atoms with Crippen molar-refractivity contribution in [2.45, 2.75) is 4.90 Å². The summed E-state index contributed by atoms with van der Waals surface area (Å²) in [5.41, 5.74) is 0.0700. The highest BCUT2D eigenvalue weighted by molar-refractivity contribution is 7.80. The molecule has 0 atom stereocenters. The van der Waals surface area contributed by atoms with Gasteiger partial charge in [-0.1, -0.05) is 11.6 Å². The molecule has 0 heterocycles. The van der Waals surface area contributed by atoms with Gasteiger partial charge in [0.2, 0.25) is 0 Å². The summed E-state index contributed by atoms with van der Waals surface area (Å²) < 4.78 is 26.4. The Morgan fingerprint density at radius 1 is 1.16 bits per heavy atom. The largest absolute Gasteiger partial charge is 0.318 e. The maximum atomic E-state index is 13.5. The fourth-order valence-corrected chi connectivity index (χ4v) is 1.85. The van der Waals surface area contributed by atoms with Gasteiger partial charge in [-0.2, -0.15) is 0 Å². The number of hydrogen-bond donors (Lipinski definition) is 2. The molecule has 1 amide bonds. The van der Waals surface area contributed by atoms with E-state index < -0.39 is 17.5 Å². The zero-order chi connectivity index (χ0) is 14.0. The molecule has 0 radical (unpaired) electrons. The second-order valence-corrected chi connectivity index (χ2v) is 4.67. The van der Waals surface area contributed by atoms with E-state index in [0.29, 0.717) is 16.5 Å². The maximum absolute atomic E-state index is 13.5. The SMILES string of the molecule is O=C(Nc1c(F)cc(F)cc1Cl)c1ccc(S)cc1. The third-order valence-corrected chi connectivity index (χ3v) is 2.97. The number of amides is 1. The third-order valence-electron chi connectivity index (χ3n) is 2.37. The molecule has 0 aliphatic heterocycles. The van der Waals surface area contributed by atoms with Gasteiger partial charge in [0.15, 0.2) is 5.82 Å². The summed E-state index contributed by atoms with van der Waals surface area (Å²) in [5, 5.41) is 2.11. The van der Waals surface area contributed by atoms with Gasteiger partial charge in [0.1, 0.15) is 5.82 Å². The molecule has 0 aliphatic rings. The molecule has 2 aromatic rings. The summed E-state index contributed by atoms with van der Waals surface area (Å²) in [6.07, 6.45) is 0. The standard InChI is InChI=1S/C13H8ClF2NOS/c14-10-5-8(15)6-11(16)12(10)17-13(18)7-1-3-9(19)4-2-7/h1-6,19H,(H,17,18). The molecular weight excluding hydrogens is 292 g/mol. The average Bonchev–Trinajstić information content (AvgIpc) is 2.34. The fourth-order valence-electron chi connectivity index (χ4n) is 1.46. The van der Waals surface area contributed by atoms with E-state index in [1.807, 2.05) is 0 Å². The van der Waals surface area contributed by atoms with Crippen molar-refractivity contribution in [1.29, 1.82) is 0 Å². The van der Waals surface area contributed by atoms with Crippen LogP contribution in [0.15, 0.2) is 41.3 Å². The number of carbonyl (C=O) groups is 1. The Kier molecular flexibility index (Phi) is 4.07. The minimum Gasteiger partial charge on any atom is -0.318 e. The van der Waals surface area contributed by atoms with Crippen molar-refractivity contribution in [3.63, 3.8) is 0 Å². The molecule has 1 N–H and O–H groups in total. The second-order valence-electron chi connectivity index (χ2n) is 3.75. The lowest BCUT2D eigenvalue weighted by atomic mass is 10.2. The number of rotatable bonds is 2. The minimum absolute atomic E-state index is 0.198. The molecule has 2 rings (SSSR count). The van der Waals surface area contributed by atoms with E-state index in [1.54, 1.807) is 12.1 Å². The van der Waals surface area contributed by atoms with Crippen LogP contribution in [0.2, 0.25) is 5.02 Å². The molecular formula is C13H8ClF2NOS. The maximum Gasteiger partial charge on any atom is 0.255 e. The van der Waals surface area contributed by atoms with E-state index in [1.165, 1.54) is 12.1 Å². The molecule has 2 aromatic carbocycles. The zero-order valence-corrected chi connectivity index (χ0v) is 11.1.